The molecule has 1 unspecified atom stereocenters. The molecule has 9 heteroatoms. The number of rotatable bonds is 13. The summed E-state index contributed by atoms with van der Waals surface area (Å²) in [7, 11) is 3.11. The Morgan fingerprint density at radius 3 is 1.84 bits per heavy atom. The lowest BCUT2D eigenvalue weighted by Crippen LogP contribution is -2.30. The van der Waals surface area contributed by atoms with Crippen molar-refractivity contribution >= 4 is 46.9 Å². The van der Waals surface area contributed by atoms with Crippen LogP contribution < -0.4 is 25.4 Å². The van der Waals surface area contributed by atoms with Crippen LogP contribution in [0.3, 0.4) is 0 Å². The Labute approximate surface area is 296 Å². The minimum atomic E-state index is -0.585. The summed E-state index contributed by atoms with van der Waals surface area (Å²) in [5.41, 5.74) is 4.38. The first kappa shape index (κ1) is 35.5. The summed E-state index contributed by atoms with van der Waals surface area (Å²) in [6, 6.07) is 38.5. The molecule has 1 atom stereocenters. The van der Waals surface area contributed by atoms with Crippen molar-refractivity contribution < 1.29 is 23.9 Å². The number of methoxy groups -OCH3 is 2. The van der Waals surface area contributed by atoms with Gasteiger partial charge in [0.2, 0.25) is 5.91 Å². The van der Waals surface area contributed by atoms with Gasteiger partial charge in [-0.25, -0.2) is 0 Å². The third kappa shape index (κ3) is 9.64. The number of hydrogen-bond acceptors (Lipinski definition) is 6. The van der Waals surface area contributed by atoms with Gasteiger partial charge in [0.25, 0.3) is 11.8 Å². The normalized spacial score (nSPS) is 11.7. The second-order valence-electron chi connectivity index (χ2n) is 11.7. The third-order valence-electron chi connectivity index (χ3n) is 7.77. The zero-order valence-corrected chi connectivity index (χ0v) is 29.1. The molecule has 0 spiro atoms. The highest BCUT2D eigenvalue weighted by atomic mass is 32.2. The summed E-state index contributed by atoms with van der Waals surface area (Å²) in [4.78, 5) is 41.2. The van der Waals surface area contributed by atoms with Crippen molar-refractivity contribution in [2.24, 2.45) is 0 Å². The monoisotopic (exact) mass is 685 g/mol. The molecule has 5 aromatic carbocycles. The SMILES string of the molecule is COc1cc(NC(=O)C(Sc2ccc(NC(=O)/C(=C/c3ccc(C(C)C)cc3)NC(=O)c3ccccc3)cc2)c2ccccc2)cc(OC)c1. The number of ether oxygens (including phenoxy) is 2. The van der Waals surface area contributed by atoms with E-state index in [2.05, 4.69) is 29.8 Å². The summed E-state index contributed by atoms with van der Waals surface area (Å²) in [5.74, 6) is 0.391. The Hall–Kier alpha value is -5.80. The van der Waals surface area contributed by atoms with E-state index in [1.807, 2.05) is 72.8 Å². The molecule has 0 radical (unpaired) electrons. The van der Waals surface area contributed by atoms with E-state index in [1.165, 1.54) is 17.3 Å². The van der Waals surface area contributed by atoms with E-state index in [0.29, 0.717) is 34.4 Å². The Morgan fingerprint density at radius 1 is 0.660 bits per heavy atom. The molecule has 0 heterocycles. The molecule has 50 heavy (non-hydrogen) atoms. The first-order chi connectivity index (χ1) is 24.2. The van der Waals surface area contributed by atoms with Gasteiger partial charge in [-0.1, -0.05) is 86.6 Å². The molecule has 0 aliphatic heterocycles. The molecular formula is C41H39N3O5S. The summed E-state index contributed by atoms with van der Waals surface area (Å²) >= 11 is 1.38. The van der Waals surface area contributed by atoms with Crippen molar-refractivity contribution in [3.8, 4) is 11.5 Å². The second-order valence-corrected chi connectivity index (χ2v) is 12.9. The fraction of sp³-hybridized carbons (Fsp3) is 0.146. The minimum absolute atomic E-state index is 0.101. The number of carbonyl (C=O) groups is 3. The van der Waals surface area contributed by atoms with Crippen LogP contribution in [0.1, 0.15) is 52.1 Å². The van der Waals surface area contributed by atoms with Crippen molar-refractivity contribution in [3.05, 3.63) is 155 Å². The van der Waals surface area contributed by atoms with Crippen LogP contribution in [0.2, 0.25) is 0 Å². The fourth-order valence-corrected chi connectivity index (χ4v) is 6.05. The van der Waals surface area contributed by atoms with Gasteiger partial charge in [0.05, 0.1) is 14.2 Å². The van der Waals surface area contributed by atoms with E-state index >= 15 is 0 Å². The van der Waals surface area contributed by atoms with Crippen molar-refractivity contribution in [1.29, 1.82) is 0 Å². The van der Waals surface area contributed by atoms with Gasteiger partial charge in [-0.05, 0) is 65.1 Å². The van der Waals surface area contributed by atoms with Crippen LogP contribution >= 0.6 is 11.8 Å². The molecule has 0 bridgehead atoms. The van der Waals surface area contributed by atoms with Crippen LogP contribution in [0.5, 0.6) is 11.5 Å². The van der Waals surface area contributed by atoms with Gasteiger partial charge >= 0.3 is 0 Å². The molecule has 0 saturated carbocycles. The number of thioether (sulfide) groups is 1. The van der Waals surface area contributed by atoms with Crippen LogP contribution in [0.25, 0.3) is 6.08 Å². The number of nitrogens with one attached hydrogen (secondary N) is 3. The number of benzene rings is 5. The lowest BCUT2D eigenvalue weighted by Gasteiger charge is -2.18. The topological polar surface area (TPSA) is 106 Å². The smallest absolute Gasteiger partial charge is 0.272 e. The van der Waals surface area contributed by atoms with Gasteiger partial charge in [0.1, 0.15) is 22.4 Å². The molecule has 0 aliphatic rings. The van der Waals surface area contributed by atoms with Gasteiger partial charge in [0.15, 0.2) is 0 Å². The van der Waals surface area contributed by atoms with E-state index in [0.717, 1.165) is 16.0 Å². The predicted molar refractivity (Wildman–Crippen MR) is 201 cm³/mol. The number of hydrogen-bond donors (Lipinski definition) is 3. The highest BCUT2D eigenvalue weighted by molar-refractivity contribution is 8.00. The van der Waals surface area contributed by atoms with Crippen LogP contribution in [-0.4, -0.2) is 31.9 Å². The van der Waals surface area contributed by atoms with Gasteiger partial charge in [0, 0.05) is 40.0 Å². The average molecular weight is 686 g/mol. The molecule has 3 N–H and O–H groups in total. The molecule has 5 rings (SSSR count). The van der Waals surface area contributed by atoms with Crippen LogP contribution in [0.4, 0.5) is 11.4 Å². The predicted octanol–water partition coefficient (Wildman–Crippen LogP) is 8.71. The highest BCUT2D eigenvalue weighted by Gasteiger charge is 2.23. The molecule has 0 saturated heterocycles. The number of carbonyl (C=O) groups excluding carboxylic acids is 3. The Balaban J connectivity index is 1.34. The van der Waals surface area contributed by atoms with E-state index in [9.17, 15) is 14.4 Å². The van der Waals surface area contributed by atoms with Crippen LogP contribution in [0, 0.1) is 0 Å². The lowest BCUT2D eigenvalue weighted by atomic mass is 10.0. The maximum atomic E-state index is 13.7. The van der Waals surface area contributed by atoms with E-state index < -0.39 is 17.1 Å². The first-order valence-electron chi connectivity index (χ1n) is 16.1. The van der Waals surface area contributed by atoms with Crippen molar-refractivity contribution in [2.75, 3.05) is 24.9 Å². The number of anilines is 2. The standard InChI is InChI=1S/C41H39N3O5S/c1-27(2)29-17-15-28(16-18-29)23-37(44-39(45)31-13-9-6-10-14-31)40(46)42-32-19-21-36(22-20-32)50-38(30-11-7-5-8-12-30)41(47)43-33-24-34(48-3)26-35(25-33)49-4/h5-27,38H,1-4H3,(H,42,46)(H,43,47)(H,44,45)/b37-23-. The Bertz CT molecular complexity index is 1920. The average Bonchev–Trinajstić information content (AvgIpc) is 3.14. The lowest BCUT2D eigenvalue weighted by molar-refractivity contribution is -0.116. The van der Waals surface area contributed by atoms with Crippen molar-refractivity contribution in [2.45, 2.75) is 29.9 Å². The van der Waals surface area contributed by atoms with Gasteiger partial charge in [-0.2, -0.15) is 0 Å². The maximum Gasteiger partial charge on any atom is 0.272 e. The first-order valence-corrected chi connectivity index (χ1v) is 17.0. The van der Waals surface area contributed by atoms with Gasteiger partial charge in [-0.3, -0.25) is 14.4 Å². The molecule has 0 aromatic heterocycles. The van der Waals surface area contributed by atoms with Crippen molar-refractivity contribution in [3.63, 3.8) is 0 Å². The third-order valence-corrected chi connectivity index (χ3v) is 9.03. The minimum Gasteiger partial charge on any atom is -0.497 e. The molecule has 254 valence electrons. The maximum absolute atomic E-state index is 13.7. The molecule has 0 aliphatic carbocycles. The largest absolute Gasteiger partial charge is 0.497 e. The number of amides is 3. The summed E-state index contributed by atoms with van der Waals surface area (Å²) in [6.45, 7) is 4.23. The Morgan fingerprint density at radius 2 is 1.26 bits per heavy atom. The van der Waals surface area contributed by atoms with Gasteiger partial charge < -0.3 is 25.4 Å². The quantitative estimate of drug-likeness (QED) is 0.0846. The second kappa shape index (κ2) is 17.0. The molecule has 3 amide bonds. The zero-order chi connectivity index (χ0) is 35.5. The van der Waals surface area contributed by atoms with Crippen LogP contribution in [-0.2, 0) is 9.59 Å². The molecule has 8 nitrogen and oxygen atoms in total. The van der Waals surface area contributed by atoms with E-state index in [-0.39, 0.29) is 11.6 Å². The van der Waals surface area contributed by atoms with E-state index in [4.69, 9.17) is 9.47 Å². The van der Waals surface area contributed by atoms with Crippen molar-refractivity contribution in [1.82, 2.24) is 5.32 Å². The van der Waals surface area contributed by atoms with E-state index in [1.54, 1.807) is 74.9 Å². The van der Waals surface area contributed by atoms with Crippen LogP contribution in [0.15, 0.2) is 138 Å². The summed E-state index contributed by atoms with van der Waals surface area (Å²) in [5, 5.41) is 8.10. The van der Waals surface area contributed by atoms with Gasteiger partial charge in [-0.15, -0.1) is 11.8 Å². The fourth-order valence-electron chi connectivity index (χ4n) is 5.03. The zero-order valence-electron chi connectivity index (χ0n) is 28.3. The molecule has 5 aromatic rings. The summed E-state index contributed by atoms with van der Waals surface area (Å²) < 4.78 is 10.7. The highest BCUT2D eigenvalue weighted by Crippen LogP contribution is 2.37. The Kier molecular flexibility index (Phi) is 12.1. The molecule has 0 fully saturated rings. The molecular weight excluding hydrogens is 647 g/mol. The summed E-state index contributed by atoms with van der Waals surface area (Å²) in [6.07, 6.45) is 1.66.